The Morgan fingerprint density at radius 1 is 1.07 bits per heavy atom. The van der Waals surface area contributed by atoms with Crippen LogP contribution in [0.3, 0.4) is 0 Å². The Kier molecular flexibility index (Phi) is 6.12. The van der Waals surface area contributed by atoms with E-state index in [4.69, 9.17) is 11.6 Å². The number of ether oxygens (including phenoxy) is 1. The minimum absolute atomic E-state index is 0.324. The van der Waals surface area contributed by atoms with Gasteiger partial charge < -0.3 is 15.4 Å². The third kappa shape index (κ3) is 5.74. The second-order valence-corrected chi connectivity index (χ2v) is 6.58. The van der Waals surface area contributed by atoms with Crippen molar-refractivity contribution >= 4 is 29.1 Å². The molecule has 0 bridgehead atoms. The van der Waals surface area contributed by atoms with Crippen molar-refractivity contribution in [2.45, 2.75) is 20.2 Å². The first kappa shape index (κ1) is 20.7. The van der Waals surface area contributed by atoms with Gasteiger partial charge in [0.15, 0.2) is 0 Å². The van der Waals surface area contributed by atoms with Gasteiger partial charge in [0.2, 0.25) is 5.95 Å². The van der Waals surface area contributed by atoms with Crippen LogP contribution in [-0.2, 0) is 0 Å². The molecule has 152 valence electrons. The lowest BCUT2D eigenvalue weighted by atomic mass is 10.1. The molecule has 3 rings (SSSR count). The van der Waals surface area contributed by atoms with Crippen molar-refractivity contribution in [2.75, 3.05) is 17.2 Å². The maximum Gasteiger partial charge on any atom is 0.573 e. The topological polar surface area (TPSA) is 59.1 Å². The number of halogens is 4. The number of aromatic nitrogens is 2. The summed E-state index contributed by atoms with van der Waals surface area (Å²) in [5.74, 6) is 0.450. The van der Waals surface area contributed by atoms with Crippen LogP contribution < -0.4 is 15.4 Å². The summed E-state index contributed by atoms with van der Waals surface area (Å²) in [5, 5.41) is 6.66. The number of hydrogen-bond acceptors (Lipinski definition) is 5. The Labute approximate surface area is 170 Å². The maximum absolute atomic E-state index is 12.5. The lowest BCUT2D eigenvalue weighted by Crippen LogP contribution is -2.17. The fourth-order valence-electron chi connectivity index (χ4n) is 2.61. The summed E-state index contributed by atoms with van der Waals surface area (Å²) < 4.78 is 41.6. The van der Waals surface area contributed by atoms with E-state index in [1.54, 1.807) is 12.1 Å². The van der Waals surface area contributed by atoms with Gasteiger partial charge in [-0.2, -0.15) is 4.98 Å². The second-order valence-electron chi connectivity index (χ2n) is 6.18. The van der Waals surface area contributed by atoms with Crippen molar-refractivity contribution < 1.29 is 17.9 Å². The molecule has 0 radical (unpaired) electrons. The van der Waals surface area contributed by atoms with Crippen molar-refractivity contribution in [1.82, 2.24) is 9.97 Å². The summed E-state index contributed by atoms with van der Waals surface area (Å²) in [7, 11) is 0. The zero-order chi connectivity index (χ0) is 21.0. The highest BCUT2D eigenvalue weighted by atomic mass is 35.5. The highest BCUT2D eigenvalue weighted by molar-refractivity contribution is 6.33. The van der Waals surface area contributed by atoms with Crippen molar-refractivity contribution in [3.05, 3.63) is 59.1 Å². The molecule has 2 aromatic carbocycles. The van der Waals surface area contributed by atoms with Crippen LogP contribution in [0.4, 0.5) is 30.6 Å². The highest BCUT2D eigenvalue weighted by Gasteiger charge is 2.31. The van der Waals surface area contributed by atoms with Gasteiger partial charge >= 0.3 is 6.36 Å². The van der Waals surface area contributed by atoms with Crippen molar-refractivity contribution in [3.8, 4) is 17.0 Å². The molecule has 9 heteroatoms. The number of hydrogen-bond donors (Lipinski definition) is 2. The van der Waals surface area contributed by atoms with Gasteiger partial charge in [-0.3, -0.25) is 0 Å². The average Bonchev–Trinajstić information content (AvgIpc) is 2.63. The molecule has 0 amide bonds. The quantitative estimate of drug-likeness (QED) is 0.496. The SMILES string of the molecule is CCNc1nc(Nc2ccc(C)cc2Cl)cc(-c2cccc(OC(F)(F)F)c2)n1. The largest absolute Gasteiger partial charge is 0.573 e. The summed E-state index contributed by atoms with van der Waals surface area (Å²) in [6.45, 7) is 4.39. The summed E-state index contributed by atoms with van der Waals surface area (Å²) in [6.07, 6.45) is -4.77. The first-order valence-electron chi connectivity index (χ1n) is 8.76. The predicted molar refractivity (Wildman–Crippen MR) is 108 cm³/mol. The zero-order valence-corrected chi connectivity index (χ0v) is 16.4. The molecule has 0 aliphatic carbocycles. The lowest BCUT2D eigenvalue weighted by molar-refractivity contribution is -0.274. The van der Waals surface area contributed by atoms with Crippen LogP contribution in [0.5, 0.6) is 5.75 Å². The standard InChI is InChI=1S/C20H18ClF3N4O/c1-3-25-19-27-17(13-5-4-6-14(10-13)29-20(22,23)24)11-18(28-19)26-16-8-7-12(2)9-15(16)21/h4-11H,3H2,1-2H3,(H2,25,26,27,28). The van der Waals surface area contributed by atoms with E-state index >= 15 is 0 Å². The fourth-order valence-corrected chi connectivity index (χ4v) is 2.89. The molecule has 0 saturated heterocycles. The monoisotopic (exact) mass is 422 g/mol. The van der Waals surface area contributed by atoms with Crippen LogP contribution in [-0.4, -0.2) is 22.9 Å². The number of nitrogens with one attached hydrogen (secondary N) is 2. The van der Waals surface area contributed by atoms with Gasteiger partial charge in [-0.15, -0.1) is 13.2 Å². The Balaban J connectivity index is 1.98. The van der Waals surface area contributed by atoms with E-state index in [9.17, 15) is 13.2 Å². The lowest BCUT2D eigenvalue weighted by Gasteiger charge is -2.13. The van der Waals surface area contributed by atoms with Gasteiger partial charge in [0.25, 0.3) is 0 Å². The van der Waals surface area contributed by atoms with Gasteiger partial charge in [-0.1, -0.05) is 29.8 Å². The minimum atomic E-state index is -4.77. The van der Waals surface area contributed by atoms with Gasteiger partial charge in [0.05, 0.1) is 16.4 Å². The van der Waals surface area contributed by atoms with Crippen LogP contribution >= 0.6 is 11.6 Å². The molecule has 5 nitrogen and oxygen atoms in total. The van der Waals surface area contributed by atoms with E-state index in [2.05, 4.69) is 25.3 Å². The van der Waals surface area contributed by atoms with Gasteiger partial charge in [-0.05, 0) is 43.7 Å². The van der Waals surface area contributed by atoms with Crippen LogP contribution in [0.2, 0.25) is 5.02 Å². The first-order valence-corrected chi connectivity index (χ1v) is 9.13. The van der Waals surface area contributed by atoms with Crippen molar-refractivity contribution in [2.24, 2.45) is 0 Å². The molecule has 0 aliphatic heterocycles. The molecule has 1 aromatic heterocycles. The summed E-state index contributed by atoms with van der Waals surface area (Å²) in [4.78, 5) is 8.76. The molecule has 3 aromatic rings. The number of benzene rings is 2. The van der Waals surface area contributed by atoms with Gasteiger partial charge in [-0.25, -0.2) is 4.98 Å². The predicted octanol–water partition coefficient (Wildman–Crippen LogP) is 6.18. The van der Waals surface area contributed by atoms with Gasteiger partial charge in [0, 0.05) is 18.2 Å². The molecule has 0 fully saturated rings. The number of anilines is 3. The smallest absolute Gasteiger partial charge is 0.406 e. The maximum atomic E-state index is 12.5. The molecule has 1 heterocycles. The molecule has 0 unspecified atom stereocenters. The van der Waals surface area contributed by atoms with Gasteiger partial charge in [0.1, 0.15) is 11.6 Å². The Morgan fingerprint density at radius 3 is 2.55 bits per heavy atom. The molecule has 0 saturated carbocycles. The van der Waals surface area contributed by atoms with E-state index in [1.807, 2.05) is 32.0 Å². The number of alkyl halides is 3. The van der Waals surface area contributed by atoms with E-state index < -0.39 is 6.36 Å². The normalized spacial score (nSPS) is 11.2. The number of aryl methyl sites for hydroxylation is 1. The molecular formula is C20H18ClF3N4O. The Bertz CT molecular complexity index is 1010. The van der Waals surface area contributed by atoms with Crippen LogP contribution in [0, 0.1) is 6.92 Å². The van der Waals surface area contributed by atoms with Crippen LogP contribution in [0.1, 0.15) is 12.5 Å². The van der Waals surface area contributed by atoms with E-state index in [1.165, 1.54) is 18.2 Å². The molecule has 0 spiro atoms. The Hall–Kier alpha value is -3.00. The minimum Gasteiger partial charge on any atom is -0.406 e. The van der Waals surface area contributed by atoms with E-state index in [0.717, 1.165) is 5.56 Å². The van der Waals surface area contributed by atoms with Crippen LogP contribution in [0.15, 0.2) is 48.5 Å². The molecule has 0 atom stereocenters. The zero-order valence-electron chi connectivity index (χ0n) is 15.6. The van der Waals surface area contributed by atoms with E-state index in [0.29, 0.717) is 40.3 Å². The highest BCUT2D eigenvalue weighted by Crippen LogP contribution is 2.30. The number of rotatable bonds is 6. The van der Waals surface area contributed by atoms with Crippen molar-refractivity contribution in [1.29, 1.82) is 0 Å². The molecule has 2 N–H and O–H groups in total. The summed E-state index contributed by atoms with van der Waals surface area (Å²) >= 11 is 6.27. The van der Waals surface area contributed by atoms with Crippen LogP contribution in [0.25, 0.3) is 11.3 Å². The first-order chi connectivity index (χ1) is 13.7. The Morgan fingerprint density at radius 2 is 1.86 bits per heavy atom. The molecular weight excluding hydrogens is 405 g/mol. The second kappa shape index (κ2) is 8.57. The molecule has 29 heavy (non-hydrogen) atoms. The third-order valence-electron chi connectivity index (χ3n) is 3.81. The molecule has 0 aliphatic rings. The summed E-state index contributed by atoms with van der Waals surface area (Å²) in [6, 6.07) is 12.8. The fraction of sp³-hybridized carbons (Fsp3) is 0.200. The van der Waals surface area contributed by atoms with Crippen molar-refractivity contribution in [3.63, 3.8) is 0 Å². The summed E-state index contributed by atoms with van der Waals surface area (Å²) in [5.41, 5.74) is 2.54. The third-order valence-corrected chi connectivity index (χ3v) is 4.12. The number of nitrogens with zero attached hydrogens (tertiary/aromatic N) is 2. The van der Waals surface area contributed by atoms with E-state index in [-0.39, 0.29) is 5.75 Å². The average molecular weight is 423 g/mol.